The molecule has 23 heavy (non-hydrogen) atoms. The van der Waals surface area contributed by atoms with Crippen molar-refractivity contribution in [1.82, 2.24) is 5.32 Å². The van der Waals surface area contributed by atoms with E-state index >= 15 is 0 Å². The smallest absolute Gasteiger partial charge is 0.0529 e. The largest absolute Gasteiger partial charge is 0.370 e. The second-order valence-electron chi connectivity index (χ2n) is 6.04. The van der Waals surface area contributed by atoms with Crippen LogP contribution in [-0.4, -0.2) is 31.9 Å². The van der Waals surface area contributed by atoms with Crippen LogP contribution in [0.2, 0.25) is 0 Å². The van der Waals surface area contributed by atoms with E-state index in [-0.39, 0.29) is 0 Å². The van der Waals surface area contributed by atoms with Gasteiger partial charge >= 0.3 is 0 Å². The maximum atomic E-state index is 8.27. The van der Waals surface area contributed by atoms with Gasteiger partial charge in [-0.2, -0.15) is 0 Å². The molecule has 1 aromatic carbocycles. The van der Waals surface area contributed by atoms with Crippen LogP contribution in [0.15, 0.2) is 35.7 Å². The van der Waals surface area contributed by atoms with Gasteiger partial charge in [-0.15, -0.1) is 11.3 Å². The predicted molar refractivity (Wildman–Crippen MR) is 100 cm³/mol. The molecule has 0 atom stereocenters. The van der Waals surface area contributed by atoms with E-state index in [2.05, 4.69) is 35.3 Å². The van der Waals surface area contributed by atoms with E-state index in [0.29, 0.717) is 0 Å². The number of hydrogen-bond acceptors (Lipinski definition) is 4. The van der Waals surface area contributed by atoms with Crippen molar-refractivity contribution in [2.24, 2.45) is 0 Å². The molecule has 122 valence electrons. The monoisotopic (exact) mass is 327 g/mol. The Morgan fingerprint density at radius 3 is 3.04 bits per heavy atom. The maximum Gasteiger partial charge on any atom is 0.0529 e. The minimum atomic E-state index is 0.722. The standard InChI is InChI=1S/C19H25N3S/c1-2-21-9-11-22-10-3-5-16-13-15(7-8-18(16)22)14-17(20)19-6-4-12-23-19/h4,6-8,12-13,20-21H,2-3,5,9-11,14H2,1H3. The molecule has 1 aliphatic heterocycles. The van der Waals surface area contributed by atoms with E-state index < -0.39 is 0 Å². The maximum absolute atomic E-state index is 8.27. The van der Waals surface area contributed by atoms with E-state index in [0.717, 1.165) is 49.6 Å². The quantitative estimate of drug-likeness (QED) is 0.601. The lowest BCUT2D eigenvalue weighted by Gasteiger charge is -2.31. The van der Waals surface area contributed by atoms with Crippen molar-refractivity contribution >= 4 is 22.7 Å². The van der Waals surface area contributed by atoms with Gasteiger partial charge in [-0.3, -0.25) is 0 Å². The van der Waals surface area contributed by atoms with Crippen molar-refractivity contribution in [1.29, 1.82) is 5.41 Å². The van der Waals surface area contributed by atoms with Gasteiger partial charge in [0.05, 0.1) is 5.71 Å². The zero-order valence-corrected chi connectivity index (χ0v) is 14.6. The van der Waals surface area contributed by atoms with Gasteiger partial charge in [-0.05, 0) is 48.0 Å². The average Bonchev–Trinajstić information content (AvgIpc) is 3.09. The molecule has 0 bridgehead atoms. The molecule has 0 unspecified atom stereocenters. The summed E-state index contributed by atoms with van der Waals surface area (Å²) >= 11 is 1.65. The molecule has 0 aliphatic carbocycles. The van der Waals surface area contributed by atoms with Crippen molar-refractivity contribution in [2.75, 3.05) is 31.1 Å². The second-order valence-corrected chi connectivity index (χ2v) is 6.99. The van der Waals surface area contributed by atoms with Gasteiger partial charge in [0.2, 0.25) is 0 Å². The van der Waals surface area contributed by atoms with E-state index in [1.54, 1.807) is 11.3 Å². The fourth-order valence-corrected chi connectivity index (χ4v) is 3.88. The molecule has 2 heterocycles. The lowest BCUT2D eigenvalue weighted by molar-refractivity contribution is 0.643. The molecule has 0 fully saturated rings. The van der Waals surface area contributed by atoms with Crippen LogP contribution in [0.5, 0.6) is 0 Å². The number of nitrogens with zero attached hydrogens (tertiary/aromatic N) is 1. The summed E-state index contributed by atoms with van der Waals surface area (Å²) in [6.07, 6.45) is 3.11. The van der Waals surface area contributed by atoms with Crippen molar-refractivity contribution in [3.05, 3.63) is 51.7 Å². The highest BCUT2D eigenvalue weighted by molar-refractivity contribution is 7.12. The first kappa shape index (κ1) is 16.2. The molecule has 2 N–H and O–H groups in total. The first-order valence-electron chi connectivity index (χ1n) is 8.46. The summed E-state index contributed by atoms with van der Waals surface area (Å²) in [6, 6.07) is 10.8. The molecule has 0 saturated carbocycles. The first-order valence-corrected chi connectivity index (χ1v) is 9.34. The molecule has 0 amide bonds. The summed E-state index contributed by atoms with van der Waals surface area (Å²) < 4.78 is 0. The third kappa shape index (κ3) is 4.01. The Hall–Kier alpha value is -1.65. The predicted octanol–water partition coefficient (Wildman–Crippen LogP) is 3.72. The number of anilines is 1. The van der Waals surface area contributed by atoms with Gasteiger partial charge in [0.25, 0.3) is 0 Å². The lowest BCUT2D eigenvalue weighted by Crippen LogP contribution is -2.35. The lowest BCUT2D eigenvalue weighted by atomic mass is 9.97. The summed E-state index contributed by atoms with van der Waals surface area (Å²) in [5.41, 5.74) is 4.82. The van der Waals surface area contributed by atoms with E-state index in [1.807, 2.05) is 17.5 Å². The van der Waals surface area contributed by atoms with Gasteiger partial charge in [0.1, 0.15) is 0 Å². The van der Waals surface area contributed by atoms with Crippen LogP contribution in [-0.2, 0) is 12.8 Å². The third-order valence-corrected chi connectivity index (χ3v) is 5.30. The highest BCUT2D eigenvalue weighted by Crippen LogP contribution is 2.28. The van der Waals surface area contributed by atoms with Gasteiger partial charge < -0.3 is 15.6 Å². The Morgan fingerprint density at radius 2 is 2.26 bits per heavy atom. The van der Waals surface area contributed by atoms with Crippen LogP contribution in [0, 0.1) is 5.41 Å². The fourth-order valence-electron chi connectivity index (χ4n) is 3.20. The summed E-state index contributed by atoms with van der Waals surface area (Å²) in [6.45, 7) is 6.46. The molecule has 3 nitrogen and oxygen atoms in total. The van der Waals surface area contributed by atoms with E-state index in [4.69, 9.17) is 5.41 Å². The number of hydrogen-bond donors (Lipinski definition) is 2. The first-order chi connectivity index (χ1) is 11.3. The second kappa shape index (κ2) is 7.75. The van der Waals surface area contributed by atoms with Crippen LogP contribution in [0.3, 0.4) is 0 Å². The molecule has 3 rings (SSSR count). The number of nitrogens with one attached hydrogen (secondary N) is 2. The molecule has 1 aromatic heterocycles. The van der Waals surface area contributed by atoms with Crippen LogP contribution in [0.25, 0.3) is 0 Å². The van der Waals surface area contributed by atoms with Crippen molar-refractivity contribution in [2.45, 2.75) is 26.2 Å². The summed E-state index contributed by atoms with van der Waals surface area (Å²) in [4.78, 5) is 3.57. The highest BCUT2D eigenvalue weighted by atomic mass is 32.1. The van der Waals surface area contributed by atoms with E-state index in [1.165, 1.54) is 23.2 Å². The SMILES string of the molecule is CCNCCN1CCCc2cc(CC(=N)c3cccs3)ccc21. The van der Waals surface area contributed by atoms with Crippen LogP contribution >= 0.6 is 11.3 Å². The van der Waals surface area contributed by atoms with Gasteiger partial charge in [-0.25, -0.2) is 0 Å². The zero-order valence-electron chi connectivity index (χ0n) is 13.8. The molecular formula is C19H25N3S. The Labute approximate surface area is 142 Å². The number of rotatable bonds is 7. The average molecular weight is 327 g/mol. The highest BCUT2D eigenvalue weighted by Gasteiger charge is 2.17. The van der Waals surface area contributed by atoms with Gasteiger partial charge in [0.15, 0.2) is 0 Å². The number of fused-ring (bicyclic) bond motifs is 1. The fraction of sp³-hybridized carbons (Fsp3) is 0.421. The van der Waals surface area contributed by atoms with Crippen molar-refractivity contribution in [3.8, 4) is 0 Å². The zero-order chi connectivity index (χ0) is 16.1. The number of thiophene rings is 1. The van der Waals surface area contributed by atoms with Crippen molar-refractivity contribution in [3.63, 3.8) is 0 Å². The Balaban J connectivity index is 1.70. The minimum Gasteiger partial charge on any atom is -0.370 e. The Morgan fingerprint density at radius 1 is 1.35 bits per heavy atom. The number of aryl methyl sites for hydroxylation is 1. The third-order valence-electron chi connectivity index (χ3n) is 4.37. The van der Waals surface area contributed by atoms with Crippen LogP contribution < -0.4 is 10.2 Å². The molecule has 0 radical (unpaired) electrons. The topological polar surface area (TPSA) is 39.1 Å². The Kier molecular flexibility index (Phi) is 5.47. The molecule has 0 spiro atoms. The molecular weight excluding hydrogens is 302 g/mol. The normalized spacial score (nSPS) is 13.9. The molecule has 4 heteroatoms. The van der Waals surface area contributed by atoms with Gasteiger partial charge in [0, 0.05) is 36.6 Å². The molecule has 1 aliphatic rings. The Bertz CT molecular complexity index is 649. The summed E-state index contributed by atoms with van der Waals surface area (Å²) in [5, 5.41) is 13.7. The number of benzene rings is 1. The van der Waals surface area contributed by atoms with Crippen LogP contribution in [0.1, 0.15) is 29.3 Å². The van der Waals surface area contributed by atoms with Gasteiger partial charge in [-0.1, -0.05) is 25.1 Å². The van der Waals surface area contributed by atoms with Crippen LogP contribution in [0.4, 0.5) is 5.69 Å². The minimum absolute atomic E-state index is 0.722. The summed E-state index contributed by atoms with van der Waals surface area (Å²) in [5.74, 6) is 0. The summed E-state index contributed by atoms with van der Waals surface area (Å²) in [7, 11) is 0. The van der Waals surface area contributed by atoms with E-state index in [9.17, 15) is 0 Å². The molecule has 0 saturated heterocycles. The molecule has 2 aromatic rings. The number of likely N-dealkylation sites (N-methyl/N-ethyl adjacent to an activating group) is 1. The van der Waals surface area contributed by atoms with Crippen molar-refractivity contribution < 1.29 is 0 Å².